The van der Waals surface area contributed by atoms with Gasteiger partial charge in [-0.05, 0) is 18.2 Å². The molecule has 5 rings (SSSR count). The van der Waals surface area contributed by atoms with Crippen molar-refractivity contribution in [3.8, 4) is 21.8 Å². The number of aromatic amines is 1. The Labute approximate surface area is 169 Å². The largest absolute Gasteiger partial charge is 0.330 e. The molecule has 3 aromatic carbocycles. The lowest BCUT2D eigenvalue weighted by molar-refractivity contribution is 1.02. The van der Waals surface area contributed by atoms with Crippen LogP contribution in [0.3, 0.4) is 0 Å². The molecule has 140 valence electrons. The molecule has 0 saturated carbocycles. The van der Waals surface area contributed by atoms with Gasteiger partial charge in [-0.3, -0.25) is 4.79 Å². The first-order valence-corrected chi connectivity index (χ1v) is 9.83. The molecule has 0 unspecified atom stereocenters. The zero-order valence-corrected chi connectivity index (χ0v) is 16.0. The van der Waals surface area contributed by atoms with Crippen LogP contribution in [0, 0.1) is 0 Å². The fraction of sp³-hybridized carbons (Fsp3) is 0. The summed E-state index contributed by atoms with van der Waals surface area (Å²) in [6.45, 7) is 0. The normalized spacial score (nSPS) is 10.9. The summed E-state index contributed by atoms with van der Waals surface area (Å²) in [7, 11) is 0. The summed E-state index contributed by atoms with van der Waals surface area (Å²) in [5, 5.41) is 21.6. The van der Waals surface area contributed by atoms with Crippen LogP contribution in [0.25, 0.3) is 32.6 Å². The van der Waals surface area contributed by atoms with Crippen LogP contribution in [0.4, 0.5) is 10.8 Å². The molecule has 0 aliphatic heterocycles. The molecule has 29 heavy (non-hydrogen) atoms. The lowest BCUT2D eigenvalue weighted by Crippen LogP contribution is -2.09. The highest BCUT2D eigenvalue weighted by atomic mass is 32.1. The van der Waals surface area contributed by atoms with Crippen LogP contribution in [0.5, 0.6) is 0 Å². The van der Waals surface area contributed by atoms with E-state index in [9.17, 15) is 4.79 Å². The molecule has 7 heteroatoms. The van der Waals surface area contributed by atoms with Crippen molar-refractivity contribution in [1.29, 1.82) is 0 Å². The van der Waals surface area contributed by atoms with E-state index in [0.29, 0.717) is 5.39 Å². The number of nitrogens with zero attached hydrogens (tertiary/aromatic N) is 3. The van der Waals surface area contributed by atoms with Crippen LogP contribution >= 0.6 is 11.3 Å². The van der Waals surface area contributed by atoms with E-state index in [1.807, 2.05) is 72.8 Å². The molecule has 0 aliphatic rings. The molecule has 0 fully saturated rings. The van der Waals surface area contributed by atoms with E-state index in [1.165, 1.54) is 11.3 Å². The van der Waals surface area contributed by atoms with Gasteiger partial charge in [0.05, 0.1) is 11.1 Å². The van der Waals surface area contributed by atoms with E-state index in [0.717, 1.165) is 38.0 Å². The van der Waals surface area contributed by atoms with Gasteiger partial charge in [-0.25, -0.2) is 5.10 Å². The molecular formula is C22H15N5OS. The van der Waals surface area contributed by atoms with Crippen molar-refractivity contribution in [2.24, 2.45) is 0 Å². The van der Waals surface area contributed by atoms with Crippen molar-refractivity contribution in [1.82, 2.24) is 20.4 Å². The maximum Gasteiger partial charge on any atom is 0.272 e. The molecule has 0 radical (unpaired) electrons. The predicted molar refractivity (Wildman–Crippen MR) is 116 cm³/mol. The third-order valence-electron chi connectivity index (χ3n) is 4.55. The minimum atomic E-state index is -0.187. The maximum absolute atomic E-state index is 12.0. The molecule has 2 aromatic heterocycles. The predicted octanol–water partition coefficient (Wildman–Crippen LogP) is 4.85. The summed E-state index contributed by atoms with van der Waals surface area (Å²) in [6, 6.07) is 25.3. The smallest absolute Gasteiger partial charge is 0.272 e. The molecule has 0 atom stereocenters. The van der Waals surface area contributed by atoms with Gasteiger partial charge in [0.1, 0.15) is 5.01 Å². The molecule has 0 amide bonds. The summed E-state index contributed by atoms with van der Waals surface area (Å²) in [6.07, 6.45) is 0. The Morgan fingerprint density at radius 1 is 0.759 bits per heavy atom. The van der Waals surface area contributed by atoms with Crippen molar-refractivity contribution in [2.45, 2.75) is 0 Å². The number of nitrogens with one attached hydrogen (secondary N) is 2. The van der Waals surface area contributed by atoms with E-state index in [2.05, 4.69) is 25.7 Å². The number of rotatable bonds is 4. The van der Waals surface area contributed by atoms with Crippen molar-refractivity contribution < 1.29 is 0 Å². The summed E-state index contributed by atoms with van der Waals surface area (Å²) >= 11 is 1.50. The fourth-order valence-electron chi connectivity index (χ4n) is 3.14. The second kappa shape index (κ2) is 7.29. The van der Waals surface area contributed by atoms with E-state index >= 15 is 0 Å². The van der Waals surface area contributed by atoms with Gasteiger partial charge in [0.25, 0.3) is 5.56 Å². The van der Waals surface area contributed by atoms with Gasteiger partial charge in [-0.2, -0.15) is 5.10 Å². The van der Waals surface area contributed by atoms with Gasteiger partial charge in [-0.15, -0.1) is 10.2 Å². The van der Waals surface area contributed by atoms with Gasteiger partial charge in [0.2, 0.25) is 5.13 Å². The average Bonchev–Trinajstić information content (AvgIpc) is 3.24. The molecule has 0 aliphatic carbocycles. The number of aromatic nitrogens is 4. The minimum absolute atomic E-state index is 0.187. The number of anilines is 2. The zero-order valence-electron chi connectivity index (χ0n) is 15.2. The Balaban J connectivity index is 1.41. The second-order valence-corrected chi connectivity index (χ2v) is 7.41. The van der Waals surface area contributed by atoms with E-state index in [1.54, 1.807) is 6.07 Å². The first-order chi connectivity index (χ1) is 14.3. The molecule has 2 N–H and O–H groups in total. The average molecular weight is 397 g/mol. The second-order valence-electron chi connectivity index (χ2n) is 6.43. The molecule has 0 bridgehead atoms. The van der Waals surface area contributed by atoms with Gasteiger partial charge in [-0.1, -0.05) is 72.0 Å². The summed E-state index contributed by atoms with van der Waals surface area (Å²) < 4.78 is 0. The molecule has 2 heterocycles. The van der Waals surface area contributed by atoms with Crippen LogP contribution < -0.4 is 10.9 Å². The number of benzene rings is 3. The number of hydrogen-bond donors (Lipinski definition) is 2. The van der Waals surface area contributed by atoms with Crippen molar-refractivity contribution >= 4 is 32.9 Å². The quantitative estimate of drug-likeness (QED) is 0.453. The third kappa shape index (κ3) is 3.39. The molecular weight excluding hydrogens is 382 g/mol. The summed E-state index contributed by atoms with van der Waals surface area (Å²) in [5.41, 5.74) is 3.43. The Hall–Kier alpha value is -3.84. The lowest BCUT2D eigenvalue weighted by atomic mass is 10.0. The van der Waals surface area contributed by atoms with Crippen molar-refractivity contribution in [2.75, 3.05) is 5.32 Å². The minimum Gasteiger partial charge on any atom is -0.330 e. The van der Waals surface area contributed by atoms with Crippen LogP contribution in [0.15, 0.2) is 83.7 Å². The van der Waals surface area contributed by atoms with Crippen LogP contribution in [0.1, 0.15) is 0 Å². The molecule has 0 saturated heterocycles. The molecule has 0 spiro atoms. The SMILES string of the molecule is O=c1[nH]nc(-c2ccc(Nc3nnc(-c4ccccc4)s3)cc2)c2ccccc12. The Kier molecular flexibility index (Phi) is 4.34. The van der Waals surface area contributed by atoms with Crippen LogP contribution in [0.2, 0.25) is 0 Å². The Bertz CT molecular complexity index is 1340. The molecule has 6 nitrogen and oxygen atoms in total. The van der Waals surface area contributed by atoms with Crippen LogP contribution in [-0.4, -0.2) is 20.4 Å². The van der Waals surface area contributed by atoms with Gasteiger partial charge < -0.3 is 5.32 Å². The van der Waals surface area contributed by atoms with E-state index < -0.39 is 0 Å². The zero-order chi connectivity index (χ0) is 19.6. The number of hydrogen-bond acceptors (Lipinski definition) is 6. The van der Waals surface area contributed by atoms with Crippen LogP contribution in [-0.2, 0) is 0 Å². The Morgan fingerprint density at radius 3 is 2.28 bits per heavy atom. The lowest BCUT2D eigenvalue weighted by Gasteiger charge is -2.07. The van der Waals surface area contributed by atoms with Gasteiger partial charge in [0.15, 0.2) is 0 Å². The van der Waals surface area contributed by atoms with E-state index in [4.69, 9.17) is 0 Å². The summed E-state index contributed by atoms with van der Waals surface area (Å²) in [4.78, 5) is 12.0. The first kappa shape index (κ1) is 17.3. The highest BCUT2D eigenvalue weighted by Gasteiger charge is 2.09. The highest BCUT2D eigenvalue weighted by molar-refractivity contribution is 7.18. The van der Waals surface area contributed by atoms with Crippen molar-refractivity contribution in [3.63, 3.8) is 0 Å². The maximum atomic E-state index is 12.0. The monoisotopic (exact) mass is 397 g/mol. The molecule has 5 aromatic rings. The third-order valence-corrected chi connectivity index (χ3v) is 5.44. The van der Waals surface area contributed by atoms with E-state index in [-0.39, 0.29) is 5.56 Å². The number of fused-ring (bicyclic) bond motifs is 1. The Morgan fingerprint density at radius 2 is 1.48 bits per heavy atom. The van der Waals surface area contributed by atoms with Crippen molar-refractivity contribution in [3.05, 3.63) is 89.2 Å². The number of H-pyrrole nitrogens is 1. The van der Waals surface area contributed by atoms with Gasteiger partial charge >= 0.3 is 0 Å². The fourth-order valence-corrected chi connectivity index (χ4v) is 3.91. The summed E-state index contributed by atoms with van der Waals surface area (Å²) in [5.74, 6) is 0. The highest BCUT2D eigenvalue weighted by Crippen LogP contribution is 2.29. The first-order valence-electron chi connectivity index (χ1n) is 9.02. The standard InChI is InChI=1S/C22H15N5OS/c28-20-18-9-5-4-8-17(18)19(24-25-20)14-10-12-16(13-11-14)23-22-27-26-21(29-22)15-6-2-1-3-7-15/h1-13H,(H,23,27)(H,25,28). The van der Waals surface area contributed by atoms with Gasteiger partial charge in [0, 0.05) is 22.2 Å². The topological polar surface area (TPSA) is 83.6 Å².